The molecule has 0 radical (unpaired) electrons. The van der Waals surface area contributed by atoms with Crippen LogP contribution in [0, 0.1) is 0 Å². The van der Waals surface area contributed by atoms with E-state index < -0.39 is 5.91 Å². The molecule has 2 amide bonds. The van der Waals surface area contributed by atoms with Crippen molar-refractivity contribution >= 4 is 11.8 Å². The molecule has 0 aliphatic heterocycles. The number of benzene rings is 1. The van der Waals surface area contributed by atoms with Crippen molar-refractivity contribution in [3.63, 3.8) is 0 Å². The first-order valence-electron chi connectivity index (χ1n) is 6.11. The highest BCUT2D eigenvalue weighted by molar-refractivity contribution is 5.97. The van der Waals surface area contributed by atoms with E-state index in [1.165, 1.54) is 18.2 Å². The number of hydrogen-bond donors (Lipinski definition) is 4. The molecule has 0 saturated carbocycles. The molecule has 0 unspecified atom stereocenters. The van der Waals surface area contributed by atoms with Gasteiger partial charge in [-0.25, -0.2) is 0 Å². The predicted molar refractivity (Wildman–Crippen MR) is 70.0 cm³/mol. The number of hydrogen-bond acceptors (Lipinski definition) is 4. The smallest absolute Gasteiger partial charge is 0.255 e. The second-order valence-corrected chi connectivity index (χ2v) is 4.06. The molecule has 0 spiro atoms. The van der Waals surface area contributed by atoms with Gasteiger partial charge in [0.1, 0.15) is 11.5 Å². The number of carbonyl (C=O) groups is 2. The van der Waals surface area contributed by atoms with Crippen LogP contribution in [0.15, 0.2) is 18.2 Å². The molecule has 6 nitrogen and oxygen atoms in total. The summed E-state index contributed by atoms with van der Waals surface area (Å²) in [4.78, 5) is 23.0. The normalized spacial score (nSPS) is 9.95. The third-order valence-corrected chi connectivity index (χ3v) is 2.43. The van der Waals surface area contributed by atoms with Crippen LogP contribution in [-0.2, 0) is 4.79 Å². The summed E-state index contributed by atoms with van der Waals surface area (Å²) < 4.78 is 0. The van der Waals surface area contributed by atoms with E-state index in [4.69, 9.17) is 0 Å². The summed E-state index contributed by atoms with van der Waals surface area (Å²) in [5.74, 6) is -0.992. The van der Waals surface area contributed by atoms with E-state index in [0.29, 0.717) is 6.54 Å². The van der Waals surface area contributed by atoms with Crippen LogP contribution in [0.2, 0.25) is 0 Å². The van der Waals surface area contributed by atoms with Gasteiger partial charge in [0.25, 0.3) is 5.91 Å². The number of carbonyl (C=O) groups excluding carboxylic acids is 2. The SMILES string of the molecule is CCCNC(=O)CCNC(=O)c1cc(O)ccc1O. The minimum atomic E-state index is -0.531. The monoisotopic (exact) mass is 266 g/mol. The number of amides is 2. The van der Waals surface area contributed by atoms with Crippen molar-refractivity contribution in [1.82, 2.24) is 10.6 Å². The molecule has 0 aliphatic carbocycles. The number of nitrogens with one attached hydrogen (secondary N) is 2. The van der Waals surface area contributed by atoms with Gasteiger partial charge < -0.3 is 20.8 Å². The molecule has 0 saturated heterocycles. The molecule has 6 heteroatoms. The Morgan fingerprint density at radius 1 is 1.16 bits per heavy atom. The Morgan fingerprint density at radius 3 is 2.58 bits per heavy atom. The van der Waals surface area contributed by atoms with E-state index in [0.717, 1.165) is 6.42 Å². The van der Waals surface area contributed by atoms with Crippen LogP contribution in [-0.4, -0.2) is 35.1 Å². The lowest BCUT2D eigenvalue weighted by Gasteiger charge is -2.07. The standard InChI is InChI=1S/C13H18N2O4/c1-2-6-14-12(18)5-7-15-13(19)10-8-9(16)3-4-11(10)17/h3-4,8,16-17H,2,5-7H2,1H3,(H,14,18)(H,15,19). The fourth-order valence-corrected chi connectivity index (χ4v) is 1.44. The summed E-state index contributed by atoms with van der Waals surface area (Å²) in [5.41, 5.74) is -0.0195. The molecule has 0 fully saturated rings. The summed E-state index contributed by atoms with van der Waals surface area (Å²) in [6.07, 6.45) is 1.03. The van der Waals surface area contributed by atoms with E-state index in [1.54, 1.807) is 0 Å². The molecule has 0 aromatic heterocycles. The molecule has 0 bridgehead atoms. The van der Waals surface area contributed by atoms with Crippen molar-refractivity contribution in [3.05, 3.63) is 23.8 Å². The minimum Gasteiger partial charge on any atom is -0.508 e. The minimum absolute atomic E-state index is 0.0195. The molecular weight excluding hydrogens is 248 g/mol. The van der Waals surface area contributed by atoms with Gasteiger partial charge in [0.05, 0.1) is 5.56 Å². The second kappa shape index (κ2) is 7.25. The molecule has 0 aliphatic rings. The van der Waals surface area contributed by atoms with Gasteiger partial charge in [0.15, 0.2) is 0 Å². The molecule has 0 atom stereocenters. The fourth-order valence-electron chi connectivity index (χ4n) is 1.44. The maximum absolute atomic E-state index is 11.7. The van der Waals surface area contributed by atoms with Gasteiger partial charge in [-0.05, 0) is 24.6 Å². The van der Waals surface area contributed by atoms with Gasteiger partial charge in [0, 0.05) is 19.5 Å². The number of phenols is 2. The third-order valence-electron chi connectivity index (χ3n) is 2.43. The van der Waals surface area contributed by atoms with Gasteiger partial charge in [0.2, 0.25) is 5.91 Å². The molecule has 4 N–H and O–H groups in total. The van der Waals surface area contributed by atoms with Crippen LogP contribution in [0.4, 0.5) is 0 Å². The van der Waals surface area contributed by atoms with Crippen LogP contribution in [0.5, 0.6) is 11.5 Å². The summed E-state index contributed by atoms with van der Waals surface area (Å²) >= 11 is 0. The Morgan fingerprint density at radius 2 is 1.89 bits per heavy atom. The average molecular weight is 266 g/mol. The lowest BCUT2D eigenvalue weighted by molar-refractivity contribution is -0.120. The predicted octanol–water partition coefficient (Wildman–Crippen LogP) is 0.744. The molecule has 104 valence electrons. The Bertz CT molecular complexity index is 460. The number of rotatable bonds is 6. The first-order chi connectivity index (χ1) is 9.04. The van der Waals surface area contributed by atoms with Gasteiger partial charge in [-0.3, -0.25) is 9.59 Å². The first-order valence-corrected chi connectivity index (χ1v) is 6.11. The first kappa shape index (κ1) is 14.8. The highest BCUT2D eigenvalue weighted by Crippen LogP contribution is 2.21. The van der Waals surface area contributed by atoms with E-state index in [-0.39, 0.29) is 35.9 Å². The highest BCUT2D eigenvalue weighted by atomic mass is 16.3. The number of phenolic OH excluding ortho intramolecular Hbond substituents is 2. The van der Waals surface area contributed by atoms with Crippen LogP contribution in [0.25, 0.3) is 0 Å². The largest absolute Gasteiger partial charge is 0.508 e. The van der Waals surface area contributed by atoms with Gasteiger partial charge >= 0.3 is 0 Å². The Hall–Kier alpha value is -2.24. The van der Waals surface area contributed by atoms with Crippen LogP contribution in [0.3, 0.4) is 0 Å². The number of aromatic hydroxyl groups is 2. The van der Waals surface area contributed by atoms with Crippen LogP contribution < -0.4 is 10.6 Å². The lowest BCUT2D eigenvalue weighted by atomic mass is 10.1. The quantitative estimate of drug-likeness (QED) is 0.571. The summed E-state index contributed by atoms with van der Waals surface area (Å²) in [6.45, 7) is 2.73. The van der Waals surface area contributed by atoms with Crippen molar-refractivity contribution in [2.75, 3.05) is 13.1 Å². The van der Waals surface area contributed by atoms with E-state index in [2.05, 4.69) is 10.6 Å². The van der Waals surface area contributed by atoms with Gasteiger partial charge in [-0.2, -0.15) is 0 Å². The van der Waals surface area contributed by atoms with Crippen molar-refractivity contribution in [2.45, 2.75) is 19.8 Å². The summed E-state index contributed by atoms with van der Waals surface area (Å²) in [6, 6.07) is 3.68. The fraction of sp³-hybridized carbons (Fsp3) is 0.385. The van der Waals surface area contributed by atoms with Crippen LogP contribution in [0.1, 0.15) is 30.1 Å². The van der Waals surface area contributed by atoms with Gasteiger partial charge in [-0.15, -0.1) is 0 Å². The van der Waals surface area contributed by atoms with E-state index >= 15 is 0 Å². The summed E-state index contributed by atoms with van der Waals surface area (Å²) in [7, 11) is 0. The maximum atomic E-state index is 11.7. The van der Waals surface area contributed by atoms with E-state index in [9.17, 15) is 19.8 Å². The Balaban J connectivity index is 2.43. The Labute approximate surface area is 111 Å². The van der Waals surface area contributed by atoms with Crippen molar-refractivity contribution in [1.29, 1.82) is 0 Å². The highest BCUT2D eigenvalue weighted by Gasteiger charge is 2.11. The molecular formula is C13H18N2O4. The van der Waals surface area contributed by atoms with Gasteiger partial charge in [-0.1, -0.05) is 6.92 Å². The third kappa shape index (κ3) is 4.87. The topological polar surface area (TPSA) is 98.7 Å². The average Bonchev–Trinajstić information content (AvgIpc) is 2.39. The van der Waals surface area contributed by atoms with E-state index in [1.807, 2.05) is 6.92 Å². The molecule has 1 rings (SSSR count). The molecule has 1 aromatic carbocycles. The zero-order valence-electron chi connectivity index (χ0n) is 10.8. The maximum Gasteiger partial charge on any atom is 0.255 e. The van der Waals surface area contributed by atoms with Crippen molar-refractivity contribution in [3.8, 4) is 11.5 Å². The summed E-state index contributed by atoms with van der Waals surface area (Å²) in [5, 5.41) is 23.9. The van der Waals surface area contributed by atoms with Crippen molar-refractivity contribution < 1.29 is 19.8 Å². The Kier molecular flexibility index (Phi) is 5.66. The molecule has 0 heterocycles. The zero-order valence-corrected chi connectivity index (χ0v) is 10.8. The second-order valence-electron chi connectivity index (χ2n) is 4.06. The van der Waals surface area contributed by atoms with Crippen LogP contribution >= 0.6 is 0 Å². The molecule has 19 heavy (non-hydrogen) atoms. The van der Waals surface area contributed by atoms with Crippen molar-refractivity contribution in [2.24, 2.45) is 0 Å². The molecule has 1 aromatic rings. The lowest BCUT2D eigenvalue weighted by Crippen LogP contribution is -2.31. The zero-order chi connectivity index (χ0) is 14.3.